The predicted molar refractivity (Wildman–Crippen MR) is 85.9 cm³/mol. The number of carbonyl (C=O) groups is 1. The van der Waals surface area contributed by atoms with Crippen LogP contribution in [0.3, 0.4) is 0 Å². The normalized spacial score (nSPS) is 12.0. The largest absolute Gasteiger partial charge is 0.345 e. The molecule has 1 atom stereocenters. The van der Waals surface area contributed by atoms with E-state index in [0.29, 0.717) is 5.56 Å². The highest BCUT2D eigenvalue weighted by atomic mass is 35.5. The Morgan fingerprint density at radius 1 is 1.19 bits per heavy atom. The van der Waals surface area contributed by atoms with E-state index in [1.165, 1.54) is 17.7 Å². The van der Waals surface area contributed by atoms with Crippen molar-refractivity contribution in [2.45, 2.75) is 26.3 Å². The third-order valence-electron chi connectivity index (χ3n) is 3.22. The molecular formula is C16H16Cl2N2O. The summed E-state index contributed by atoms with van der Waals surface area (Å²) in [4.78, 5) is 16.1. The van der Waals surface area contributed by atoms with Crippen molar-refractivity contribution in [3.63, 3.8) is 0 Å². The molecule has 110 valence electrons. The van der Waals surface area contributed by atoms with Crippen LogP contribution in [-0.4, -0.2) is 10.9 Å². The van der Waals surface area contributed by atoms with Crippen molar-refractivity contribution >= 4 is 29.1 Å². The highest BCUT2D eigenvalue weighted by molar-refractivity contribution is 6.33. The zero-order chi connectivity index (χ0) is 15.4. The first-order valence-corrected chi connectivity index (χ1v) is 7.45. The zero-order valence-corrected chi connectivity index (χ0v) is 13.4. The van der Waals surface area contributed by atoms with Gasteiger partial charge in [0, 0.05) is 5.56 Å². The number of rotatable bonds is 4. The van der Waals surface area contributed by atoms with Gasteiger partial charge in [-0.15, -0.1) is 0 Å². The molecule has 0 aliphatic rings. The number of aromatic nitrogens is 1. The summed E-state index contributed by atoms with van der Waals surface area (Å²) >= 11 is 11.6. The Kier molecular flexibility index (Phi) is 5.21. The molecule has 0 saturated heterocycles. The first-order chi connectivity index (χ1) is 9.99. The van der Waals surface area contributed by atoms with Crippen molar-refractivity contribution < 1.29 is 4.79 Å². The molecule has 0 bridgehead atoms. The molecule has 1 heterocycles. The number of hydrogen-bond donors (Lipinski definition) is 1. The highest BCUT2D eigenvalue weighted by Crippen LogP contribution is 2.19. The van der Waals surface area contributed by atoms with Crippen LogP contribution in [0, 0.1) is 6.92 Å². The second-order valence-electron chi connectivity index (χ2n) is 4.85. The van der Waals surface area contributed by atoms with Gasteiger partial charge in [0.15, 0.2) is 0 Å². The lowest BCUT2D eigenvalue weighted by molar-refractivity contribution is 0.0935. The Morgan fingerprint density at radius 3 is 2.29 bits per heavy atom. The van der Waals surface area contributed by atoms with Crippen molar-refractivity contribution in [3.05, 3.63) is 63.4 Å². The van der Waals surface area contributed by atoms with Crippen LogP contribution in [0.1, 0.15) is 40.9 Å². The fourth-order valence-electron chi connectivity index (χ4n) is 2.06. The second kappa shape index (κ2) is 6.92. The van der Waals surface area contributed by atoms with E-state index in [0.717, 1.165) is 12.0 Å². The van der Waals surface area contributed by atoms with Crippen LogP contribution in [0.2, 0.25) is 10.3 Å². The van der Waals surface area contributed by atoms with Crippen molar-refractivity contribution in [2.24, 2.45) is 0 Å². The minimum atomic E-state index is -0.214. The van der Waals surface area contributed by atoms with Gasteiger partial charge >= 0.3 is 0 Å². The fourth-order valence-corrected chi connectivity index (χ4v) is 2.52. The molecule has 2 rings (SSSR count). The minimum Gasteiger partial charge on any atom is -0.345 e. The van der Waals surface area contributed by atoms with Crippen molar-refractivity contribution in [3.8, 4) is 0 Å². The molecule has 0 saturated carbocycles. The molecule has 0 radical (unpaired) electrons. The van der Waals surface area contributed by atoms with E-state index in [1.807, 2.05) is 38.1 Å². The summed E-state index contributed by atoms with van der Waals surface area (Å²) in [7, 11) is 0. The molecule has 3 nitrogen and oxygen atoms in total. The molecule has 21 heavy (non-hydrogen) atoms. The van der Waals surface area contributed by atoms with Crippen LogP contribution in [0.5, 0.6) is 0 Å². The van der Waals surface area contributed by atoms with Crippen LogP contribution in [0.25, 0.3) is 0 Å². The lowest BCUT2D eigenvalue weighted by atomic mass is 10.0. The third kappa shape index (κ3) is 4.19. The monoisotopic (exact) mass is 322 g/mol. The average molecular weight is 323 g/mol. The average Bonchev–Trinajstić information content (AvgIpc) is 2.44. The lowest BCUT2D eigenvalue weighted by Crippen LogP contribution is -2.28. The summed E-state index contributed by atoms with van der Waals surface area (Å²) in [5.41, 5.74) is 2.67. The van der Waals surface area contributed by atoms with Crippen molar-refractivity contribution in [1.29, 1.82) is 0 Å². The Morgan fingerprint density at radius 2 is 1.76 bits per heavy atom. The molecule has 1 aromatic heterocycles. The van der Waals surface area contributed by atoms with E-state index in [9.17, 15) is 4.79 Å². The van der Waals surface area contributed by atoms with Crippen molar-refractivity contribution in [1.82, 2.24) is 10.3 Å². The van der Waals surface area contributed by atoms with Crippen LogP contribution in [0.4, 0.5) is 0 Å². The summed E-state index contributed by atoms with van der Waals surface area (Å²) < 4.78 is 0. The van der Waals surface area contributed by atoms with E-state index >= 15 is 0 Å². The number of benzene rings is 1. The molecule has 0 fully saturated rings. The smallest absolute Gasteiger partial charge is 0.251 e. The van der Waals surface area contributed by atoms with E-state index in [2.05, 4.69) is 10.3 Å². The van der Waals surface area contributed by atoms with Gasteiger partial charge in [0.05, 0.1) is 6.04 Å². The van der Waals surface area contributed by atoms with Gasteiger partial charge in [0.25, 0.3) is 5.91 Å². The summed E-state index contributed by atoms with van der Waals surface area (Å²) in [6, 6.07) is 11.1. The SMILES string of the molecule is CCC(NC(=O)c1cc(Cl)nc(Cl)c1)c1ccc(C)cc1. The highest BCUT2D eigenvalue weighted by Gasteiger charge is 2.15. The van der Waals surface area contributed by atoms with E-state index in [-0.39, 0.29) is 22.3 Å². The molecule has 1 N–H and O–H groups in total. The van der Waals surface area contributed by atoms with E-state index in [4.69, 9.17) is 23.2 Å². The van der Waals surface area contributed by atoms with Crippen LogP contribution in [-0.2, 0) is 0 Å². The van der Waals surface area contributed by atoms with Crippen LogP contribution >= 0.6 is 23.2 Å². The maximum Gasteiger partial charge on any atom is 0.251 e. The number of pyridine rings is 1. The van der Waals surface area contributed by atoms with E-state index < -0.39 is 0 Å². The maximum absolute atomic E-state index is 12.3. The molecule has 0 aliphatic heterocycles. The number of nitrogens with one attached hydrogen (secondary N) is 1. The number of amides is 1. The molecule has 2 aromatic rings. The number of nitrogens with zero attached hydrogens (tertiary/aromatic N) is 1. The van der Waals surface area contributed by atoms with Gasteiger partial charge in [0.2, 0.25) is 0 Å². The minimum absolute atomic E-state index is 0.0520. The third-order valence-corrected chi connectivity index (χ3v) is 3.61. The number of aryl methyl sites for hydroxylation is 1. The number of halogens is 2. The molecular weight excluding hydrogens is 307 g/mol. The molecule has 1 aromatic carbocycles. The quantitative estimate of drug-likeness (QED) is 0.837. The molecule has 1 unspecified atom stereocenters. The molecule has 0 aliphatic carbocycles. The van der Waals surface area contributed by atoms with Crippen molar-refractivity contribution in [2.75, 3.05) is 0 Å². The van der Waals surface area contributed by atoms with Gasteiger partial charge in [-0.2, -0.15) is 0 Å². The lowest BCUT2D eigenvalue weighted by Gasteiger charge is -2.18. The molecule has 1 amide bonds. The van der Waals surface area contributed by atoms with Crippen LogP contribution in [0.15, 0.2) is 36.4 Å². The van der Waals surface area contributed by atoms with Gasteiger partial charge in [-0.3, -0.25) is 4.79 Å². The maximum atomic E-state index is 12.3. The standard InChI is InChI=1S/C16H16Cl2N2O/c1-3-13(11-6-4-10(2)5-7-11)19-16(21)12-8-14(17)20-15(18)9-12/h4-9,13H,3H2,1-2H3,(H,19,21). The Balaban J connectivity index is 2.18. The summed E-state index contributed by atoms with van der Waals surface area (Å²) in [6.07, 6.45) is 0.793. The summed E-state index contributed by atoms with van der Waals surface area (Å²) in [5, 5.41) is 3.40. The topological polar surface area (TPSA) is 42.0 Å². The van der Waals surface area contributed by atoms with Gasteiger partial charge in [-0.05, 0) is 31.0 Å². The predicted octanol–water partition coefficient (Wildman–Crippen LogP) is 4.58. The zero-order valence-electron chi connectivity index (χ0n) is 11.9. The van der Waals surface area contributed by atoms with E-state index in [1.54, 1.807) is 0 Å². The van der Waals surface area contributed by atoms with Gasteiger partial charge in [-0.1, -0.05) is 60.0 Å². The first kappa shape index (κ1) is 15.8. The van der Waals surface area contributed by atoms with Gasteiger partial charge in [-0.25, -0.2) is 4.98 Å². The van der Waals surface area contributed by atoms with Gasteiger partial charge in [0.1, 0.15) is 10.3 Å². The summed E-state index contributed by atoms with van der Waals surface area (Å²) in [5.74, 6) is -0.214. The molecule has 5 heteroatoms. The number of carbonyl (C=O) groups excluding carboxylic acids is 1. The Hall–Kier alpha value is -1.58. The van der Waals surface area contributed by atoms with Gasteiger partial charge < -0.3 is 5.32 Å². The second-order valence-corrected chi connectivity index (χ2v) is 5.62. The number of hydrogen-bond acceptors (Lipinski definition) is 2. The molecule has 0 spiro atoms. The Bertz CT molecular complexity index is 621. The summed E-state index contributed by atoms with van der Waals surface area (Å²) in [6.45, 7) is 4.06. The Labute approximate surface area is 134 Å². The van der Waals surface area contributed by atoms with Crippen LogP contribution < -0.4 is 5.32 Å². The fraction of sp³-hybridized carbons (Fsp3) is 0.250. The first-order valence-electron chi connectivity index (χ1n) is 6.70.